The van der Waals surface area contributed by atoms with Gasteiger partial charge < -0.3 is 21.1 Å². The average molecular weight is 495 g/mol. The van der Waals surface area contributed by atoms with E-state index < -0.39 is 36.0 Å². The lowest BCUT2D eigenvalue weighted by molar-refractivity contribution is -0.142. The second-order valence-corrected chi connectivity index (χ2v) is 9.79. The number of para-hydroxylation sites is 2. The van der Waals surface area contributed by atoms with Crippen molar-refractivity contribution in [2.24, 2.45) is 11.8 Å². The van der Waals surface area contributed by atoms with E-state index in [0.29, 0.717) is 17.8 Å². The van der Waals surface area contributed by atoms with Gasteiger partial charge in [0.25, 0.3) is 0 Å². The number of nitrogens with zero attached hydrogens (tertiary/aromatic N) is 1. The number of benzene rings is 2. The fraction of sp³-hybridized carbons (Fsp3) is 0.407. The molecule has 3 atom stereocenters. The largest absolute Gasteiger partial charge is 0.480 e. The minimum Gasteiger partial charge on any atom is -0.480 e. The highest BCUT2D eigenvalue weighted by molar-refractivity contribution is 6.12. The molecule has 0 aromatic heterocycles. The van der Waals surface area contributed by atoms with Crippen LogP contribution in [0.1, 0.15) is 39.7 Å². The first kappa shape index (κ1) is 26.7. The van der Waals surface area contributed by atoms with E-state index in [1.165, 1.54) is 4.90 Å². The maximum absolute atomic E-state index is 13.6. The van der Waals surface area contributed by atoms with Gasteiger partial charge in [-0.25, -0.2) is 9.59 Å². The molecule has 1 heterocycles. The van der Waals surface area contributed by atoms with Gasteiger partial charge in [-0.05, 0) is 36.0 Å². The molecule has 192 valence electrons. The summed E-state index contributed by atoms with van der Waals surface area (Å²) in [7, 11) is 0. The zero-order valence-electron chi connectivity index (χ0n) is 21.0. The third-order valence-electron chi connectivity index (χ3n) is 6.04. The number of carboxylic acid groups (broad SMARTS) is 1. The first-order chi connectivity index (χ1) is 17.1. The Bertz CT molecular complexity index is 1100. The summed E-state index contributed by atoms with van der Waals surface area (Å²) in [6, 6.07) is 12.5. The van der Waals surface area contributed by atoms with E-state index in [1.54, 1.807) is 48.5 Å². The molecule has 0 aliphatic carbocycles. The quantitative estimate of drug-likeness (QED) is 0.425. The summed E-state index contributed by atoms with van der Waals surface area (Å²) in [4.78, 5) is 52.9. The van der Waals surface area contributed by atoms with Gasteiger partial charge in [0, 0.05) is 6.42 Å². The minimum absolute atomic E-state index is 0.0382. The highest BCUT2D eigenvalue weighted by atomic mass is 16.4. The molecule has 0 bridgehead atoms. The Hall–Kier alpha value is -3.88. The normalized spacial score (nSPS) is 16.7. The molecule has 36 heavy (non-hydrogen) atoms. The third-order valence-corrected chi connectivity index (χ3v) is 6.04. The molecular weight excluding hydrogens is 460 g/mol. The Balaban J connectivity index is 1.84. The van der Waals surface area contributed by atoms with Gasteiger partial charge in [0.1, 0.15) is 18.1 Å². The van der Waals surface area contributed by atoms with Gasteiger partial charge >= 0.3 is 12.0 Å². The number of urea groups is 1. The number of carbonyl (C=O) groups is 4. The van der Waals surface area contributed by atoms with Crippen LogP contribution in [0.25, 0.3) is 0 Å². The van der Waals surface area contributed by atoms with Crippen LogP contribution in [-0.2, 0) is 20.8 Å². The molecule has 0 fully saturated rings. The maximum atomic E-state index is 13.6. The van der Waals surface area contributed by atoms with Crippen LogP contribution in [-0.4, -0.2) is 47.0 Å². The molecule has 4 N–H and O–H groups in total. The summed E-state index contributed by atoms with van der Waals surface area (Å²) in [6.45, 7) is 7.51. The number of nitrogens with one attached hydrogen (secondary N) is 3. The molecule has 0 unspecified atom stereocenters. The number of amides is 4. The van der Waals surface area contributed by atoms with E-state index in [9.17, 15) is 24.3 Å². The van der Waals surface area contributed by atoms with Crippen molar-refractivity contribution in [1.29, 1.82) is 0 Å². The van der Waals surface area contributed by atoms with E-state index in [0.717, 1.165) is 5.56 Å². The first-order valence-corrected chi connectivity index (χ1v) is 12.1. The van der Waals surface area contributed by atoms with Gasteiger partial charge in [0.05, 0.1) is 11.4 Å². The standard InChI is InChI=1S/C27H34N4O5/c1-16(2)14-20(24(32)29-21(26(34)35)15-18-10-6-5-7-11-18)30-27(36)31-22-13-9-8-12-19(22)28-25(33)23(31)17(3)4/h5-13,16-17,20-21,23H,14-15H2,1-4H3,(H,28,33)(H,29,32)(H,30,36)(H,34,35)/t20-,21-,23-/m0/s1. The van der Waals surface area contributed by atoms with Gasteiger partial charge in [-0.1, -0.05) is 70.2 Å². The van der Waals surface area contributed by atoms with Gasteiger partial charge in [0.15, 0.2) is 0 Å². The van der Waals surface area contributed by atoms with E-state index in [-0.39, 0.29) is 24.2 Å². The van der Waals surface area contributed by atoms with Crippen LogP contribution in [0.15, 0.2) is 54.6 Å². The predicted molar refractivity (Wildman–Crippen MR) is 138 cm³/mol. The van der Waals surface area contributed by atoms with Crippen molar-refractivity contribution in [1.82, 2.24) is 10.6 Å². The number of hydrogen-bond acceptors (Lipinski definition) is 4. The monoisotopic (exact) mass is 494 g/mol. The lowest BCUT2D eigenvalue weighted by Crippen LogP contribution is -2.60. The van der Waals surface area contributed by atoms with Crippen molar-refractivity contribution < 1.29 is 24.3 Å². The topological polar surface area (TPSA) is 128 Å². The molecule has 0 radical (unpaired) electrons. The van der Waals surface area contributed by atoms with Crippen LogP contribution in [0.5, 0.6) is 0 Å². The SMILES string of the molecule is CC(C)C[C@H](NC(=O)N1c2ccccc2NC(=O)[C@@H]1C(C)C)C(=O)N[C@@H](Cc1ccccc1)C(=O)O. The Labute approximate surface area is 211 Å². The summed E-state index contributed by atoms with van der Waals surface area (Å²) in [6.07, 6.45) is 0.405. The Morgan fingerprint density at radius 1 is 0.944 bits per heavy atom. The summed E-state index contributed by atoms with van der Waals surface area (Å²) >= 11 is 0. The molecule has 0 spiro atoms. The van der Waals surface area contributed by atoms with Gasteiger partial charge in [-0.15, -0.1) is 0 Å². The molecule has 0 saturated carbocycles. The van der Waals surface area contributed by atoms with Crippen LogP contribution in [0.2, 0.25) is 0 Å². The maximum Gasteiger partial charge on any atom is 0.326 e. The smallest absolute Gasteiger partial charge is 0.326 e. The number of anilines is 2. The van der Waals surface area contributed by atoms with E-state index in [1.807, 2.05) is 33.8 Å². The van der Waals surface area contributed by atoms with Crippen LogP contribution < -0.4 is 20.9 Å². The van der Waals surface area contributed by atoms with Gasteiger partial charge in [-0.2, -0.15) is 0 Å². The first-order valence-electron chi connectivity index (χ1n) is 12.1. The molecule has 2 aromatic rings. The molecule has 9 nitrogen and oxygen atoms in total. The van der Waals surface area contributed by atoms with Crippen molar-refractivity contribution in [3.63, 3.8) is 0 Å². The number of aliphatic carboxylic acids is 1. The Morgan fingerprint density at radius 3 is 2.19 bits per heavy atom. The Morgan fingerprint density at radius 2 is 1.58 bits per heavy atom. The zero-order chi connectivity index (χ0) is 26.4. The van der Waals surface area contributed by atoms with E-state index in [4.69, 9.17) is 0 Å². The second-order valence-electron chi connectivity index (χ2n) is 9.79. The minimum atomic E-state index is -1.16. The number of carboxylic acids is 1. The predicted octanol–water partition coefficient (Wildman–Crippen LogP) is 3.41. The number of fused-ring (bicyclic) bond motifs is 1. The number of hydrogen-bond donors (Lipinski definition) is 4. The van der Waals surface area contributed by atoms with Crippen LogP contribution in [0.3, 0.4) is 0 Å². The molecule has 0 saturated heterocycles. The lowest BCUT2D eigenvalue weighted by atomic mass is 9.97. The van der Waals surface area contributed by atoms with Crippen LogP contribution >= 0.6 is 0 Å². The van der Waals surface area contributed by atoms with Crippen LogP contribution in [0.4, 0.5) is 16.2 Å². The van der Waals surface area contributed by atoms with E-state index in [2.05, 4.69) is 16.0 Å². The molecule has 1 aliphatic heterocycles. The molecular formula is C27H34N4O5. The van der Waals surface area contributed by atoms with Crippen molar-refractivity contribution in [2.45, 2.75) is 58.7 Å². The number of rotatable bonds is 9. The van der Waals surface area contributed by atoms with Crippen molar-refractivity contribution >= 4 is 35.2 Å². The van der Waals surface area contributed by atoms with E-state index >= 15 is 0 Å². The summed E-state index contributed by atoms with van der Waals surface area (Å²) in [5.41, 5.74) is 1.81. The number of carbonyl (C=O) groups excluding carboxylic acids is 3. The highest BCUT2D eigenvalue weighted by Gasteiger charge is 2.40. The fourth-order valence-electron chi connectivity index (χ4n) is 4.34. The molecule has 2 aromatic carbocycles. The fourth-order valence-corrected chi connectivity index (χ4v) is 4.34. The molecule has 9 heteroatoms. The van der Waals surface area contributed by atoms with Crippen molar-refractivity contribution in [3.05, 3.63) is 60.2 Å². The second kappa shape index (κ2) is 11.7. The molecule has 4 amide bonds. The highest BCUT2D eigenvalue weighted by Crippen LogP contribution is 2.34. The molecule has 1 aliphatic rings. The summed E-state index contributed by atoms with van der Waals surface area (Å²) < 4.78 is 0. The lowest BCUT2D eigenvalue weighted by Gasteiger charge is -2.39. The molecule has 3 rings (SSSR count). The van der Waals surface area contributed by atoms with Crippen LogP contribution in [0, 0.1) is 11.8 Å². The van der Waals surface area contributed by atoms with Gasteiger partial charge in [-0.3, -0.25) is 14.5 Å². The third kappa shape index (κ3) is 6.41. The summed E-state index contributed by atoms with van der Waals surface area (Å²) in [5.74, 6) is -2.21. The zero-order valence-corrected chi connectivity index (χ0v) is 21.0. The Kier molecular flexibility index (Phi) is 8.68. The van der Waals surface area contributed by atoms with Gasteiger partial charge in [0.2, 0.25) is 11.8 Å². The average Bonchev–Trinajstić information content (AvgIpc) is 2.82. The summed E-state index contributed by atoms with van der Waals surface area (Å²) in [5, 5.41) is 17.9. The van der Waals surface area contributed by atoms with Crippen molar-refractivity contribution in [2.75, 3.05) is 10.2 Å². The van der Waals surface area contributed by atoms with Crippen molar-refractivity contribution in [3.8, 4) is 0 Å².